The number of amides is 1. The predicted molar refractivity (Wildman–Crippen MR) is 180 cm³/mol. The van der Waals surface area contributed by atoms with Crippen molar-refractivity contribution in [2.75, 3.05) is 11.6 Å². The van der Waals surface area contributed by atoms with Gasteiger partial charge >= 0.3 is 0 Å². The van der Waals surface area contributed by atoms with Crippen LogP contribution in [0.4, 0.5) is 5.69 Å². The van der Waals surface area contributed by atoms with Crippen LogP contribution in [0.25, 0.3) is 44.9 Å². The molecule has 4 aliphatic heterocycles. The van der Waals surface area contributed by atoms with Crippen LogP contribution >= 0.6 is 0 Å². The maximum absolute atomic E-state index is 13.9. The quantitative estimate of drug-likeness (QED) is 0.197. The number of para-hydroxylation sites is 1. The Morgan fingerprint density at radius 3 is 2.67 bits per heavy atom. The zero-order chi connectivity index (χ0) is 33.4. The molecule has 6 aromatic rings. The lowest BCUT2D eigenvalue weighted by Gasteiger charge is -2.28. The summed E-state index contributed by atoms with van der Waals surface area (Å²) in [6.45, 7) is 3.89. The van der Waals surface area contributed by atoms with E-state index in [1.807, 2.05) is 56.4 Å². The fraction of sp³-hybridized carbons (Fsp3) is 0.250. The molecule has 0 fully saturated rings. The molecule has 3 aromatic carbocycles. The van der Waals surface area contributed by atoms with Crippen LogP contribution in [0.3, 0.4) is 0 Å². The molecule has 4 N–H and O–H groups in total. The monoisotopic (exact) mass is 674 g/mol. The first-order valence-electron chi connectivity index (χ1n) is 16.2. The number of carbonyl (C=O) groups excluding carboxylic acids is 1. The highest BCUT2D eigenvalue weighted by Gasteiger charge is 2.61. The van der Waals surface area contributed by atoms with Crippen LogP contribution in [0.1, 0.15) is 48.2 Å². The highest BCUT2D eigenvalue weighted by atomic mass is 32.2. The van der Waals surface area contributed by atoms with Gasteiger partial charge in [-0.25, -0.2) is 23.1 Å². The predicted octanol–water partition coefficient (Wildman–Crippen LogP) is 5.22. The molecule has 4 aliphatic rings. The summed E-state index contributed by atoms with van der Waals surface area (Å²) >= 11 is 0. The van der Waals surface area contributed by atoms with E-state index in [2.05, 4.69) is 38.5 Å². The van der Waals surface area contributed by atoms with Crippen molar-refractivity contribution in [3.05, 3.63) is 95.3 Å². The molecular weight excluding hydrogens is 644 g/mol. The smallest absolute Gasteiger partial charge is 0.249 e. The molecule has 49 heavy (non-hydrogen) atoms. The number of aromatic amines is 1. The van der Waals surface area contributed by atoms with Crippen molar-refractivity contribution in [1.29, 1.82) is 0 Å². The van der Waals surface area contributed by atoms with Crippen molar-refractivity contribution in [3.8, 4) is 39.8 Å². The van der Waals surface area contributed by atoms with Crippen molar-refractivity contribution in [2.45, 2.75) is 44.0 Å². The fourth-order valence-electron chi connectivity index (χ4n) is 8.09. The molecule has 0 saturated carbocycles. The summed E-state index contributed by atoms with van der Waals surface area (Å²) in [7, 11) is -3.74. The van der Waals surface area contributed by atoms with Crippen LogP contribution in [0, 0.1) is 5.92 Å². The molecule has 12 nitrogen and oxygen atoms in total. The van der Waals surface area contributed by atoms with E-state index in [0.29, 0.717) is 23.0 Å². The Kier molecular flexibility index (Phi) is 5.61. The second-order valence-corrected chi connectivity index (χ2v) is 15.4. The summed E-state index contributed by atoms with van der Waals surface area (Å²) in [6.07, 6.45) is 4.14. The van der Waals surface area contributed by atoms with E-state index in [1.165, 1.54) is 0 Å². The molecule has 3 unspecified atom stereocenters. The number of carbonyl (C=O) groups is 1. The number of aromatic nitrogens is 3. The first-order chi connectivity index (χ1) is 23.6. The summed E-state index contributed by atoms with van der Waals surface area (Å²) in [5, 5.41) is 7.78. The SMILES string of the molecule is CC(C)[C@@H]1NC(=O)C(NS(C)(=O)=O)Cc2ccc3c(c2)C24c5cccc(c5NC2O3)-c2cccc3[nH]cc(c23)-c2cnc(o2)-c2nc1oc24. The molecule has 13 heteroatoms. The maximum Gasteiger partial charge on any atom is 0.249 e. The number of ether oxygens (including phenoxy) is 1. The number of sulfonamides is 1. The summed E-state index contributed by atoms with van der Waals surface area (Å²) in [4.78, 5) is 27.1. The Hall–Kier alpha value is -5.40. The third kappa shape index (κ3) is 3.88. The van der Waals surface area contributed by atoms with E-state index in [9.17, 15) is 13.2 Å². The topological polar surface area (TPSA) is 164 Å². The van der Waals surface area contributed by atoms with Crippen LogP contribution in [-0.4, -0.2) is 47.8 Å². The molecule has 4 atom stereocenters. The van der Waals surface area contributed by atoms with Gasteiger partial charge in [0.25, 0.3) is 0 Å². The summed E-state index contributed by atoms with van der Waals surface area (Å²) in [5.41, 5.74) is 6.48. The molecule has 0 aliphatic carbocycles. The van der Waals surface area contributed by atoms with Gasteiger partial charge in [0.2, 0.25) is 27.7 Å². The van der Waals surface area contributed by atoms with E-state index in [-0.39, 0.29) is 24.1 Å². The molecule has 10 bridgehead atoms. The molecule has 3 aromatic heterocycles. The van der Waals surface area contributed by atoms with Gasteiger partial charge in [-0.3, -0.25) is 4.79 Å². The Balaban J connectivity index is 1.34. The van der Waals surface area contributed by atoms with Crippen LogP contribution in [-0.2, 0) is 26.7 Å². The van der Waals surface area contributed by atoms with Gasteiger partial charge in [-0.15, -0.1) is 0 Å². The number of nitrogens with one attached hydrogen (secondary N) is 4. The van der Waals surface area contributed by atoms with Crippen LogP contribution in [0.2, 0.25) is 0 Å². The van der Waals surface area contributed by atoms with Gasteiger partial charge in [-0.1, -0.05) is 56.3 Å². The van der Waals surface area contributed by atoms with Crippen LogP contribution in [0.15, 0.2) is 75.8 Å². The molecule has 1 spiro atoms. The van der Waals surface area contributed by atoms with Gasteiger partial charge in [0.05, 0.1) is 12.5 Å². The third-order valence-corrected chi connectivity index (χ3v) is 10.9. The van der Waals surface area contributed by atoms with Gasteiger partial charge in [0.1, 0.15) is 23.2 Å². The number of anilines is 1. The molecule has 10 rings (SSSR count). The van der Waals surface area contributed by atoms with Crippen molar-refractivity contribution in [3.63, 3.8) is 0 Å². The van der Waals surface area contributed by atoms with E-state index in [4.69, 9.17) is 23.5 Å². The molecule has 7 heterocycles. The molecule has 246 valence electrons. The lowest BCUT2D eigenvalue weighted by molar-refractivity contribution is -0.124. The highest BCUT2D eigenvalue weighted by molar-refractivity contribution is 7.88. The fourth-order valence-corrected chi connectivity index (χ4v) is 8.80. The number of oxazole rings is 2. The lowest BCUT2D eigenvalue weighted by atomic mass is 9.72. The number of nitrogens with zero attached hydrogens (tertiary/aromatic N) is 2. The molecule has 0 saturated heterocycles. The minimum atomic E-state index is -3.74. The van der Waals surface area contributed by atoms with Gasteiger partial charge in [0, 0.05) is 45.0 Å². The summed E-state index contributed by atoms with van der Waals surface area (Å²) in [6, 6.07) is 16.3. The van der Waals surface area contributed by atoms with Crippen molar-refractivity contribution >= 4 is 32.5 Å². The lowest BCUT2D eigenvalue weighted by Crippen LogP contribution is -2.49. The third-order valence-electron chi connectivity index (χ3n) is 10.2. The van der Waals surface area contributed by atoms with Gasteiger partial charge in [0.15, 0.2) is 23.4 Å². The second-order valence-electron chi connectivity index (χ2n) is 13.6. The highest BCUT2D eigenvalue weighted by Crippen LogP contribution is 2.61. The summed E-state index contributed by atoms with van der Waals surface area (Å²) in [5.74, 6) is 1.49. The Bertz CT molecular complexity index is 2510. The number of H-pyrrole nitrogens is 1. The van der Waals surface area contributed by atoms with Crippen LogP contribution in [0.5, 0.6) is 5.75 Å². The second kappa shape index (κ2) is 9.61. The summed E-state index contributed by atoms with van der Waals surface area (Å²) < 4.78 is 47.8. The van der Waals surface area contributed by atoms with E-state index in [0.717, 1.165) is 56.2 Å². The average molecular weight is 675 g/mol. The minimum Gasteiger partial charge on any atom is -0.469 e. The number of hydrogen-bond donors (Lipinski definition) is 4. The normalized spacial score (nSPS) is 22.9. The number of fused-ring (bicyclic) bond motifs is 7. The largest absolute Gasteiger partial charge is 0.469 e. The standard InChI is InChI=1S/C36H30N6O6S/c1-16(2)28-34-40-30-31(48-34)36-21-8-4-7-19(18-6-5-9-23-27(18)20(14-37-23)26-15-38-33(30)46-26)29(21)41-35(36)47-25-11-10-17(12-22(25)36)13-24(32(43)39-28)42-49(3,44)45/h4-12,14-16,24,28,35,37,41-42H,13H2,1-3H3,(H,39,43)/t24?,28-,35?,36?/m0/s1. The molecular formula is C36H30N6O6S. The first kappa shape index (κ1) is 28.6. The Labute approximate surface area is 280 Å². The zero-order valence-electron chi connectivity index (χ0n) is 26.6. The van der Waals surface area contributed by atoms with Gasteiger partial charge < -0.3 is 29.2 Å². The zero-order valence-corrected chi connectivity index (χ0v) is 27.4. The van der Waals surface area contributed by atoms with E-state index in [1.54, 1.807) is 6.20 Å². The van der Waals surface area contributed by atoms with Crippen LogP contribution < -0.4 is 20.1 Å². The maximum atomic E-state index is 13.9. The van der Waals surface area contributed by atoms with Crippen molar-refractivity contribution < 1.29 is 26.8 Å². The number of benzene rings is 3. The molecule has 0 radical (unpaired) electrons. The van der Waals surface area contributed by atoms with Gasteiger partial charge in [-0.2, -0.15) is 0 Å². The van der Waals surface area contributed by atoms with Gasteiger partial charge in [-0.05, 0) is 35.6 Å². The average Bonchev–Trinajstić information content (AvgIpc) is 3.87. The van der Waals surface area contributed by atoms with E-state index >= 15 is 0 Å². The van der Waals surface area contributed by atoms with Crippen molar-refractivity contribution in [2.24, 2.45) is 5.92 Å². The molecule has 1 amide bonds. The minimum absolute atomic E-state index is 0.110. The Morgan fingerprint density at radius 2 is 1.84 bits per heavy atom. The van der Waals surface area contributed by atoms with Crippen molar-refractivity contribution in [1.82, 2.24) is 25.0 Å². The van der Waals surface area contributed by atoms with E-state index < -0.39 is 39.7 Å². The number of rotatable bonds is 3. The Morgan fingerprint density at radius 1 is 1.00 bits per heavy atom. The number of hydrogen-bond acceptors (Lipinski definition) is 9. The first-order valence-corrected chi connectivity index (χ1v) is 18.1.